The smallest absolute Gasteiger partial charge is 0.317 e. The Morgan fingerprint density at radius 3 is 2.59 bits per heavy atom. The van der Waals surface area contributed by atoms with Gasteiger partial charge >= 0.3 is 5.97 Å². The van der Waals surface area contributed by atoms with Gasteiger partial charge in [0.1, 0.15) is 0 Å². The van der Waals surface area contributed by atoms with Crippen molar-refractivity contribution in [1.82, 2.24) is 10.2 Å². The minimum atomic E-state index is -0.605. The highest BCUT2D eigenvalue weighted by atomic mass is 32.2. The number of esters is 1. The van der Waals surface area contributed by atoms with E-state index in [1.807, 2.05) is 49.4 Å². The largest absolute Gasteiger partial charge is 0.452 e. The van der Waals surface area contributed by atoms with Gasteiger partial charge in [0.25, 0.3) is 5.89 Å². The first-order valence-electron chi connectivity index (χ1n) is 9.30. The Hall–Kier alpha value is -3.12. The highest BCUT2D eigenvalue weighted by Crippen LogP contribution is 2.26. The number of nitrogens with zero attached hydrogens (tertiary/aromatic N) is 2. The van der Waals surface area contributed by atoms with Gasteiger partial charge in [-0.2, -0.15) is 0 Å². The van der Waals surface area contributed by atoms with Crippen molar-refractivity contribution in [2.24, 2.45) is 0 Å². The van der Waals surface area contributed by atoms with Gasteiger partial charge in [0, 0.05) is 10.5 Å². The molecule has 1 unspecified atom stereocenters. The molecule has 0 saturated heterocycles. The SMILES string of the molecule is Cc1ccc(-c2nnc(C(C)OC(=O)CSc3ccc4ccccc4c3)o2)cc1. The number of hydrogen-bond acceptors (Lipinski definition) is 6. The maximum atomic E-state index is 12.2. The van der Waals surface area contributed by atoms with Crippen molar-refractivity contribution in [2.75, 3.05) is 5.75 Å². The number of thioether (sulfide) groups is 1. The molecule has 0 saturated carbocycles. The highest BCUT2D eigenvalue weighted by Gasteiger charge is 2.19. The topological polar surface area (TPSA) is 65.2 Å². The summed E-state index contributed by atoms with van der Waals surface area (Å²) in [7, 11) is 0. The molecule has 1 aromatic heterocycles. The fraction of sp³-hybridized carbons (Fsp3) is 0.174. The second-order valence-corrected chi connectivity index (χ2v) is 7.79. The molecule has 1 atom stereocenters. The summed E-state index contributed by atoms with van der Waals surface area (Å²) in [6.45, 7) is 3.74. The Balaban J connectivity index is 1.35. The van der Waals surface area contributed by atoms with Crippen LogP contribution in [0.3, 0.4) is 0 Å². The molecule has 0 aliphatic heterocycles. The van der Waals surface area contributed by atoms with E-state index in [0.717, 1.165) is 21.4 Å². The Morgan fingerprint density at radius 2 is 1.79 bits per heavy atom. The van der Waals surface area contributed by atoms with Gasteiger partial charge in [-0.3, -0.25) is 4.79 Å². The fourth-order valence-corrected chi connectivity index (χ4v) is 3.62. The molecule has 146 valence electrons. The van der Waals surface area contributed by atoms with E-state index in [9.17, 15) is 4.79 Å². The molecule has 0 bridgehead atoms. The summed E-state index contributed by atoms with van der Waals surface area (Å²) in [5.74, 6) is 0.575. The number of carbonyl (C=O) groups is 1. The monoisotopic (exact) mass is 404 g/mol. The number of aromatic nitrogens is 2. The minimum absolute atomic E-state index is 0.210. The quantitative estimate of drug-likeness (QED) is 0.308. The van der Waals surface area contributed by atoms with Crippen LogP contribution >= 0.6 is 11.8 Å². The zero-order chi connectivity index (χ0) is 20.2. The molecule has 1 heterocycles. The van der Waals surface area contributed by atoms with Crippen LogP contribution in [0.5, 0.6) is 0 Å². The molecule has 0 radical (unpaired) electrons. The van der Waals surface area contributed by atoms with E-state index in [1.54, 1.807) is 6.92 Å². The Bertz CT molecular complexity index is 1140. The van der Waals surface area contributed by atoms with E-state index >= 15 is 0 Å². The van der Waals surface area contributed by atoms with Gasteiger partial charge in [-0.15, -0.1) is 22.0 Å². The van der Waals surface area contributed by atoms with Crippen molar-refractivity contribution < 1.29 is 13.9 Å². The van der Waals surface area contributed by atoms with Gasteiger partial charge in [0.15, 0.2) is 6.10 Å². The fourth-order valence-electron chi connectivity index (χ4n) is 2.89. The van der Waals surface area contributed by atoms with Gasteiger partial charge in [0.2, 0.25) is 5.89 Å². The molecule has 4 rings (SSSR count). The van der Waals surface area contributed by atoms with Crippen molar-refractivity contribution in [2.45, 2.75) is 24.8 Å². The lowest BCUT2D eigenvalue weighted by Crippen LogP contribution is -2.11. The van der Waals surface area contributed by atoms with Crippen molar-refractivity contribution in [3.8, 4) is 11.5 Å². The van der Waals surface area contributed by atoms with Crippen LogP contribution in [0.4, 0.5) is 0 Å². The lowest BCUT2D eigenvalue weighted by molar-refractivity contribution is -0.146. The van der Waals surface area contributed by atoms with Gasteiger partial charge in [-0.25, -0.2) is 0 Å². The summed E-state index contributed by atoms with van der Waals surface area (Å²) in [6, 6.07) is 22.1. The van der Waals surface area contributed by atoms with Gasteiger partial charge in [-0.1, -0.05) is 48.0 Å². The van der Waals surface area contributed by atoms with Crippen molar-refractivity contribution >= 4 is 28.5 Å². The number of rotatable bonds is 6. The molecule has 0 aliphatic carbocycles. The third-order valence-electron chi connectivity index (χ3n) is 4.47. The summed E-state index contributed by atoms with van der Waals surface area (Å²) < 4.78 is 11.1. The molecule has 0 amide bonds. The molecule has 5 nitrogen and oxygen atoms in total. The zero-order valence-electron chi connectivity index (χ0n) is 16.2. The maximum absolute atomic E-state index is 12.2. The minimum Gasteiger partial charge on any atom is -0.452 e. The van der Waals surface area contributed by atoms with E-state index in [2.05, 4.69) is 34.5 Å². The number of ether oxygens (including phenoxy) is 1. The predicted molar refractivity (Wildman–Crippen MR) is 114 cm³/mol. The number of benzene rings is 3. The molecule has 0 N–H and O–H groups in total. The number of carbonyl (C=O) groups excluding carboxylic acids is 1. The van der Waals surface area contributed by atoms with Crippen LogP contribution in [0, 0.1) is 6.92 Å². The van der Waals surface area contributed by atoms with E-state index in [0.29, 0.717) is 5.89 Å². The summed E-state index contributed by atoms with van der Waals surface area (Å²) in [4.78, 5) is 13.3. The second-order valence-electron chi connectivity index (χ2n) is 6.74. The molecule has 0 fully saturated rings. The second kappa shape index (κ2) is 8.49. The summed E-state index contributed by atoms with van der Waals surface area (Å²) in [6.07, 6.45) is -0.605. The first-order chi connectivity index (χ1) is 14.1. The Kier molecular flexibility index (Phi) is 5.62. The van der Waals surface area contributed by atoms with E-state index < -0.39 is 6.10 Å². The first-order valence-corrected chi connectivity index (χ1v) is 10.3. The highest BCUT2D eigenvalue weighted by molar-refractivity contribution is 8.00. The van der Waals surface area contributed by atoms with Crippen LogP contribution in [0.1, 0.15) is 24.5 Å². The molecule has 3 aromatic carbocycles. The number of fused-ring (bicyclic) bond motifs is 1. The van der Waals surface area contributed by atoms with Crippen molar-refractivity contribution in [1.29, 1.82) is 0 Å². The summed E-state index contributed by atoms with van der Waals surface area (Å²) in [5, 5.41) is 10.4. The Labute approximate surface area is 173 Å². The molecule has 29 heavy (non-hydrogen) atoms. The van der Waals surface area contributed by atoms with Crippen LogP contribution in [-0.2, 0) is 9.53 Å². The lowest BCUT2D eigenvalue weighted by atomic mass is 10.1. The molecular weight excluding hydrogens is 384 g/mol. The first kappa shape index (κ1) is 19.2. The molecule has 6 heteroatoms. The predicted octanol–water partition coefficient (Wildman–Crippen LogP) is 5.59. The van der Waals surface area contributed by atoms with Crippen molar-refractivity contribution in [3.05, 3.63) is 78.2 Å². The van der Waals surface area contributed by atoms with Crippen LogP contribution in [-0.4, -0.2) is 21.9 Å². The third kappa shape index (κ3) is 4.66. The standard InChI is InChI=1S/C23H20N2O3S/c1-15-7-9-18(10-8-15)23-25-24-22(28-23)16(2)27-21(26)14-29-20-12-11-17-5-3-4-6-19(17)13-20/h3-13,16H,14H2,1-2H3. The van der Waals surface area contributed by atoms with E-state index in [4.69, 9.17) is 9.15 Å². The summed E-state index contributed by atoms with van der Waals surface area (Å²) in [5.41, 5.74) is 1.99. The molecular formula is C23H20N2O3S. The molecule has 4 aromatic rings. The van der Waals surface area contributed by atoms with Gasteiger partial charge < -0.3 is 9.15 Å². The van der Waals surface area contributed by atoms with Crippen molar-refractivity contribution in [3.63, 3.8) is 0 Å². The van der Waals surface area contributed by atoms with E-state index in [1.165, 1.54) is 17.1 Å². The van der Waals surface area contributed by atoms with Crippen LogP contribution in [0.15, 0.2) is 76.0 Å². The molecule has 0 spiro atoms. The third-order valence-corrected chi connectivity index (χ3v) is 5.44. The van der Waals surface area contributed by atoms with Crippen LogP contribution in [0.2, 0.25) is 0 Å². The molecule has 0 aliphatic rings. The number of hydrogen-bond donors (Lipinski definition) is 0. The average molecular weight is 404 g/mol. The lowest BCUT2D eigenvalue weighted by Gasteiger charge is -2.09. The van der Waals surface area contributed by atoms with Gasteiger partial charge in [-0.05, 0) is 48.9 Å². The zero-order valence-corrected chi connectivity index (χ0v) is 17.0. The van der Waals surface area contributed by atoms with Gasteiger partial charge in [0.05, 0.1) is 5.75 Å². The number of aryl methyl sites for hydroxylation is 1. The van der Waals surface area contributed by atoms with Crippen LogP contribution < -0.4 is 0 Å². The summed E-state index contributed by atoms with van der Waals surface area (Å²) >= 11 is 1.44. The maximum Gasteiger partial charge on any atom is 0.317 e. The average Bonchev–Trinajstić information content (AvgIpc) is 3.23. The normalized spacial score (nSPS) is 12.1. The van der Waals surface area contributed by atoms with Crippen LogP contribution in [0.25, 0.3) is 22.2 Å². The van der Waals surface area contributed by atoms with E-state index in [-0.39, 0.29) is 17.6 Å². The Morgan fingerprint density at radius 1 is 1.03 bits per heavy atom.